The zero-order chi connectivity index (χ0) is 18.1. The Morgan fingerprint density at radius 3 is 2.44 bits per heavy atom. The highest BCUT2D eigenvalue weighted by molar-refractivity contribution is 5.92. The predicted octanol–water partition coefficient (Wildman–Crippen LogP) is 4.06. The van der Waals surface area contributed by atoms with Crippen LogP contribution in [0.2, 0.25) is 0 Å². The molecule has 0 radical (unpaired) electrons. The Morgan fingerprint density at radius 1 is 1.04 bits per heavy atom. The van der Waals surface area contributed by atoms with E-state index < -0.39 is 17.6 Å². The van der Waals surface area contributed by atoms with Gasteiger partial charge in [-0.05, 0) is 50.2 Å². The molecule has 0 aliphatic rings. The Balaban J connectivity index is 2.24. The minimum atomic E-state index is -1.10. The second kappa shape index (κ2) is 6.43. The number of rotatable bonds is 4. The summed E-state index contributed by atoms with van der Waals surface area (Å²) in [6.45, 7) is 3.60. The SMILES string of the molecule is CC(C)Oc1nc2ccc(C(=O)O)cc2nc1-c1ccc(F)c(F)c1. The maximum absolute atomic E-state index is 13.6. The van der Waals surface area contributed by atoms with Crippen molar-refractivity contribution in [1.82, 2.24) is 9.97 Å². The number of benzene rings is 2. The molecule has 0 saturated heterocycles. The highest BCUT2D eigenvalue weighted by Crippen LogP contribution is 2.30. The molecule has 0 fully saturated rings. The van der Waals surface area contributed by atoms with Crippen LogP contribution in [0.3, 0.4) is 0 Å². The summed E-state index contributed by atoms with van der Waals surface area (Å²) in [5.74, 6) is -2.93. The first-order valence-electron chi connectivity index (χ1n) is 7.52. The summed E-state index contributed by atoms with van der Waals surface area (Å²) in [5, 5.41) is 9.11. The number of hydrogen-bond donors (Lipinski definition) is 1. The van der Waals surface area contributed by atoms with Crippen LogP contribution in [0.5, 0.6) is 5.88 Å². The zero-order valence-corrected chi connectivity index (χ0v) is 13.5. The van der Waals surface area contributed by atoms with Crippen LogP contribution in [-0.2, 0) is 0 Å². The second-order valence-corrected chi connectivity index (χ2v) is 5.68. The van der Waals surface area contributed by atoms with E-state index in [1.54, 1.807) is 13.8 Å². The molecule has 25 heavy (non-hydrogen) atoms. The van der Waals surface area contributed by atoms with Crippen molar-refractivity contribution in [1.29, 1.82) is 0 Å². The number of hydrogen-bond acceptors (Lipinski definition) is 4. The molecule has 0 aliphatic heterocycles. The topological polar surface area (TPSA) is 72.3 Å². The van der Waals surface area contributed by atoms with Gasteiger partial charge in [-0.25, -0.2) is 23.5 Å². The van der Waals surface area contributed by atoms with Gasteiger partial charge in [0.05, 0.1) is 22.7 Å². The smallest absolute Gasteiger partial charge is 0.335 e. The van der Waals surface area contributed by atoms with Gasteiger partial charge in [-0.3, -0.25) is 0 Å². The Hall–Kier alpha value is -3.09. The molecule has 1 aromatic heterocycles. The van der Waals surface area contributed by atoms with Crippen molar-refractivity contribution >= 4 is 17.0 Å². The number of ether oxygens (including phenoxy) is 1. The minimum absolute atomic E-state index is 0.0514. The standard InChI is InChI=1S/C18H14F2N2O3/c1-9(2)25-17-16(10-3-5-12(19)13(20)7-10)21-15-8-11(18(23)24)4-6-14(15)22-17/h3-9H,1-2H3,(H,23,24). The van der Waals surface area contributed by atoms with E-state index in [1.165, 1.54) is 24.3 Å². The molecule has 7 heteroatoms. The molecule has 0 bridgehead atoms. The third kappa shape index (κ3) is 3.40. The van der Waals surface area contributed by atoms with Gasteiger partial charge in [0.2, 0.25) is 5.88 Å². The van der Waals surface area contributed by atoms with Gasteiger partial charge >= 0.3 is 5.97 Å². The highest BCUT2D eigenvalue weighted by atomic mass is 19.2. The lowest BCUT2D eigenvalue weighted by molar-refractivity contribution is 0.0697. The fourth-order valence-electron chi connectivity index (χ4n) is 2.31. The minimum Gasteiger partial charge on any atom is -0.478 e. The first kappa shape index (κ1) is 16.8. The molecule has 0 unspecified atom stereocenters. The molecular weight excluding hydrogens is 330 g/mol. The van der Waals surface area contributed by atoms with Gasteiger partial charge in [-0.2, -0.15) is 0 Å². The number of aromatic carboxylic acids is 1. The quantitative estimate of drug-likeness (QED) is 0.773. The molecule has 5 nitrogen and oxygen atoms in total. The van der Waals surface area contributed by atoms with Gasteiger partial charge in [-0.1, -0.05) is 0 Å². The van der Waals surface area contributed by atoms with Crippen LogP contribution in [0.4, 0.5) is 8.78 Å². The van der Waals surface area contributed by atoms with E-state index in [4.69, 9.17) is 9.84 Å². The number of fused-ring (bicyclic) bond motifs is 1. The third-order valence-corrected chi connectivity index (χ3v) is 3.42. The lowest BCUT2D eigenvalue weighted by Gasteiger charge is -2.14. The average molecular weight is 344 g/mol. The third-order valence-electron chi connectivity index (χ3n) is 3.42. The van der Waals surface area contributed by atoms with Crippen molar-refractivity contribution in [3.8, 4) is 17.1 Å². The summed E-state index contributed by atoms with van der Waals surface area (Å²) >= 11 is 0. The van der Waals surface area contributed by atoms with Crippen LogP contribution < -0.4 is 4.74 Å². The summed E-state index contributed by atoms with van der Waals surface area (Å²) < 4.78 is 32.5. The van der Waals surface area contributed by atoms with Gasteiger partial charge in [0, 0.05) is 5.56 Å². The maximum atomic E-state index is 13.6. The lowest BCUT2D eigenvalue weighted by Crippen LogP contribution is -2.09. The molecular formula is C18H14F2N2O3. The highest BCUT2D eigenvalue weighted by Gasteiger charge is 2.16. The largest absolute Gasteiger partial charge is 0.478 e. The summed E-state index contributed by atoms with van der Waals surface area (Å²) in [5.41, 5.74) is 1.30. The molecule has 2 aromatic carbocycles. The molecule has 0 saturated carbocycles. The zero-order valence-electron chi connectivity index (χ0n) is 13.5. The number of carboxylic acid groups (broad SMARTS) is 1. The number of aromatic nitrogens is 2. The average Bonchev–Trinajstić information content (AvgIpc) is 2.55. The van der Waals surface area contributed by atoms with Crippen molar-refractivity contribution in [2.24, 2.45) is 0 Å². The molecule has 0 atom stereocenters. The van der Waals surface area contributed by atoms with Gasteiger partial charge in [-0.15, -0.1) is 0 Å². The normalized spacial score (nSPS) is 11.1. The molecule has 0 spiro atoms. The van der Waals surface area contributed by atoms with Crippen molar-refractivity contribution in [3.05, 3.63) is 53.6 Å². The first-order valence-corrected chi connectivity index (χ1v) is 7.52. The predicted molar refractivity (Wildman–Crippen MR) is 87.6 cm³/mol. The number of halogens is 2. The van der Waals surface area contributed by atoms with Crippen molar-refractivity contribution < 1.29 is 23.4 Å². The molecule has 128 valence electrons. The van der Waals surface area contributed by atoms with E-state index in [2.05, 4.69) is 9.97 Å². The van der Waals surface area contributed by atoms with Crippen LogP contribution in [0.1, 0.15) is 24.2 Å². The Morgan fingerprint density at radius 2 is 1.80 bits per heavy atom. The lowest BCUT2D eigenvalue weighted by atomic mass is 10.1. The summed E-state index contributed by atoms with van der Waals surface area (Å²) in [6.07, 6.45) is -0.214. The van der Waals surface area contributed by atoms with E-state index in [9.17, 15) is 13.6 Å². The van der Waals surface area contributed by atoms with Gasteiger partial charge in [0.15, 0.2) is 11.6 Å². The number of carbonyl (C=O) groups is 1. The molecule has 0 amide bonds. The molecule has 3 rings (SSSR count). The van der Waals surface area contributed by atoms with Crippen LogP contribution in [0.25, 0.3) is 22.3 Å². The summed E-state index contributed by atoms with van der Waals surface area (Å²) in [4.78, 5) is 19.9. The van der Waals surface area contributed by atoms with E-state index in [0.717, 1.165) is 12.1 Å². The van der Waals surface area contributed by atoms with Crippen molar-refractivity contribution in [2.75, 3.05) is 0 Å². The molecule has 1 N–H and O–H groups in total. The Bertz CT molecular complexity index is 974. The Kier molecular flexibility index (Phi) is 4.31. The second-order valence-electron chi connectivity index (χ2n) is 5.68. The van der Waals surface area contributed by atoms with Crippen molar-refractivity contribution in [3.63, 3.8) is 0 Å². The number of carboxylic acids is 1. The first-order chi connectivity index (χ1) is 11.8. The summed E-state index contributed by atoms with van der Waals surface area (Å²) in [7, 11) is 0. The van der Waals surface area contributed by atoms with Crippen LogP contribution in [0, 0.1) is 11.6 Å². The van der Waals surface area contributed by atoms with E-state index >= 15 is 0 Å². The van der Waals surface area contributed by atoms with Crippen LogP contribution >= 0.6 is 0 Å². The fraction of sp³-hybridized carbons (Fsp3) is 0.167. The summed E-state index contributed by atoms with van der Waals surface area (Å²) in [6, 6.07) is 7.65. The van der Waals surface area contributed by atoms with Gasteiger partial charge < -0.3 is 9.84 Å². The molecule has 1 heterocycles. The number of nitrogens with zero attached hydrogens (tertiary/aromatic N) is 2. The van der Waals surface area contributed by atoms with Crippen molar-refractivity contribution in [2.45, 2.75) is 20.0 Å². The van der Waals surface area contributed by atoms with Crippen LogP contribution in [-0.4, -0.2) is 27.1 Å². The molecule has 3 aromatic rings. The van der Waals surface area contributed by atoms with Gasteiger partial charge in [0.25, 0.3) is 0 Å². The molecule has 0 aliphatic carbocycles. The van der Waals surface area contributed by atoms with E-state index in [1.807, 2.05) is 0 Å². The van der Waals surface area contributed by atoms with Crippen LogP contribution in [0.15, 0.2) is 36.4 Å². The van der Waals surface area contributed by atoms with Gasteiger partial charge in [0.1, 0.15) is 5.69 Å². The van der Waals surface area contributed by atoms with E-state index in [-0.39, 0.29) is 28.8 Å². The Labute approximate surface area is 141 Å². The van der Waals surface area contributed by atoms with E-state index in [0.29, 0.717) is 11.0 Å². The monoisotopic (exact) mass is 344 g/mol. The maximum Gasteiger partial charge on any atom is 0.335 e. The fourth-order valence-corrected chi connectivity index (χ4v) is 2.31.